The quantitative estimate of drug-likeness (QED) is 0.687. The van der Waals surface area contributed by atoms with Crippen LogP contribution in [0.1, 0.15) is 17.5 Å². The number of rotatable bonds is 5. The summed E-state index contributed by atoms with van der Waals surface area (Å²) in [7, 11) is 1.66. The molecule has 0 amide bonds. The molecule has 1 aliphatic heterocycles. The van der Waals surface area contributed by atoms with Crippen LogP contribution in [0.3, 0.4) is 0 Å². The van der Waals surface area contributed by atoms with Crippen molar-refractivity contribution in [2.45, 2.75) is 12.8 Å². The van der Waals surface area contributed by atoms with Gasteiger partial charge in [0.25, 0.3) is 0 Å². The van der Waals surface area contributed by atoms with Gasteiger partial charge in [0.2, 0.25) is 0 Å². The predicted molar refractivity (Wildman–Crippen MR) is 99.6 cm³/mol. The van der Waals surface area contributed by atoms with Crippen LogP contribution in [-0.4, -0.2) is 35.3 Å². The first-order chi connectivity index (χ1) is 12.7. The third-order valence-corrected chi connectivity index (χ3v) is 4.76. The normalized spacial score (nSPS) is 16.8. The fourth-order valence-corrected chi connectivity index (χ4v) is 3.25. The second-order valence-corrected chi connectivity index (χ2v) is 6.45. The number of hydrogen-bond donors (Lipinski definition) is 0. The molecule has 6 nitrogen and oxygen atoms in total. The Labute approximate surface area is 156 Å². The number of ether oxygens (including phenoxy) is 2. The lowest BCUT2D eigenvalue weighted by Gasteiger charge is -2.23. The zero-order valence-corrected chi connectivity index (χ0v) is 15.1. The molecule has 1 aromatic heterocycles. The molecule has 2 aromatic carbocycles. The first-order valence-corrected chi connectivity index (χ1v) is 8.78. The highest BCUT2D eigenvalue weighted by Gasteiger charge is 2.29. The maximum Gasteiger partial charge on any atom is 0.177 e. The lowest BCUT2D eigenvalue weighted by atomic mass is 10.2. The zero-order valence-electron chi connectivity index (χ0n) is 14.4. The largest absolute Gasteiger partial charge is 0.497 e. The fraction of sp³-hybridized carbons (Fsp3) is 0.263. The molecule has 0 spiro atoms. The summed E-state index contributed by atoms with van der Waals surface area (Å²) >= 11 is 6.23. The molecule has 0 radical (unpaired) electrons. The Morgan fingerprint density at radius 3 is 2.77 bits per heavy atom. The minimum absolute atomic E-state index is 0.247. The number of anilines is 1. The molecular formula is C19H19ClN4O2. The first-order valence-electron chi connectivity index (χ1n) is 8.40. The van der Waals surface area contributed by atoms with Crippen molar-refractivity contribution < 1.29 is 9.47 Å². The SMILES string of the molecule is COc1ccc(N2CCO[C@H]2c2cn(Cc3ccccc3Cl)nn2)cc1. The average molecular weight is 371 g/mol. The molecular weight excluding hydrogens is 352 g/mol. The Kier molecular flexibility index (Phi) is 4.77. The maximum absolute atomic E-state index is 6.23. The fourth-order valence-electron chi connectivity index (χ4n) is 3.06. The zero-order chi connectivity index (χ0) is 17.9. The number of nitrogens with zero attached hydrogens (tertiary/aromatic N) is 4. The Morgan fingerprint density at radius 2 is 2.00 bits per heavy atom. The monoisotopic (exact) mass is 370 g/mol. The Morgan fingerprint density at radius 1 is 1.19 bits per heavy atom. The molecule has 0 bridgehead atoms. The van der Waals surface area contributed by atoms with Crippen LogP contribution in [0.25, 0.3) is 0 Å². The number of hydrogen-bond acceptors (Lipinski definition) is 5. The van der Waals surface area contributed by atoms with E-state index < -0.39 is 0 Å². The van der Waals surface area contributed by atoms with Gasteiger partial charge in [0, 0.05) is 17.3 Å². The lowest BCUT2D eigenvalue weighted by Crippen LogP contribution is -2.23. The molecule has 134 valence electrons. The van der Waals surface area contributed by atoms with Crippen LogP contribution in [0.2, 0.25) is 5.02 Å². The van der Waals surface area contributed by atoms with Gasteiger partial charge in [0.05, 0.1) is 26.5 Å². The van der Waals surface area contributed by atoms with Crippen molar-refractivity contribution in [2.75, 3.05) is 25.2 Å². The molecule has 26 heavy (non-hydrogen) atoms. The highest BCUT2D eigenvalue weighted by atomic mass is 35.5. The minimum Gasteiger partial charge on any atom is -0.497 e. The number of halogens is 1. The number of aromatic nitrogens is 3. The number of benzene rings is 2. The third kappa shape index (κ3) is 3.38. The second-order valence-electron chi connectivity index (χ2n) is 6.05. The third-order valence-electron chi connectivity index (χ3n) is 4.39. The van der Waals surface area contributed by atoms with E-state index in [1.807, 2.05) is 54.7 Å². The van der Waals surface area contributed by atoms with Crippen molar-refractivity contribution in [3.05, 3.63) is 71.0 Å². The smallest absolute Gasteiger partial charge is 0.177 e. The van der Waals surface area contributed by atoms with Gasteiger partial charge in [-0.1, -0.05) is 35.0 Å². The van der Waals surface area contributed by atoms with Gasteiger partial charge in [0.15, 0.2) is 6.23 Å². The van der Waals surface area contributed by atoms with Gasteiger partial charge in [-0.15, -0.1) is 5.10 Å². The van der Waals surface area contributed by atoms with E-state index in [4.69, 9.17) is 21.1 Å². The van der Waals surface area contributed by atoms with E-state index in [1.165, 1.54) is 0 Å². The maximum atomic E-state index is 6.23. The van der Waals surface area contributed by atoms with Crippen molar-refractivity contribution >= 4 is 17.3 Å². The molecule has 0 saturated carbocycles. The second kappa shape index (κ2) is 7.35. The van der Waals surface area contributed by atoms with Gasteiger partial charge >= 0.3 is 0 Å². The van der Waals surface area contributed by atoms with E-state index >= 15 is 0 Å². The summed E-state index contributed by atoms with van der Waals surface area (Å²) in [5.74, 6) is 0.830. The molecule has 1 atom stereocenters. The van der Waals surface area contributed by atoms with Gasteiger partial charge in [0.1, 0.15) is 11.4 Å². The van der Waals surface area contributed by atoms with Crippen LogP contribution in [0, 0.1) is 0 Å². The predicted octanol–water partition coefficient (Wildman–Crippen LogP) is 3.52. The summed E-state index contributed by atoms with van der Waals surface area (Å²) in [6.45, 7) is 2.02. The molecule has 4 rings (SSSR count). The summed E-state index contributed by atoms with van der Waals surface area (Å²) in [5, 5.41) is 9.27. The summed E-state index contributed by atoms with van der Waals surface area (Å²) in [6, 6.07) is 15.7. The van der Waals surface area contributed by atoms with Crippen molar-refractivity contribution in [2.24, 2.45) is 0 Å². The Balaban J connectivity index is 1.53. The van der Waals surface area contributed by atoms with Crippen LogP contribution in [0.15, 0.2) is 54.7 Å². The van der Waals surface area contributed by atoms with Crippen molar-refractivity contribution in [1.29, 1.82) is 0 Å². The minimum atomic E-state index is -0.247. The van der Waals surface area contributed by atoms with E-state index in [0.29, 0.717) is 13.2 Å². The lowest BCUT2D eigenvalue weighted by molar-refractivity contribution is 0.110. The van der Waals surface area contributed by atoms with Crippen molar-refractivity contribution in [1.82, 2.24) is 15.0 Å². The molecule has 0 unspecified atom stereocenters. The standard InChI is InChI=1S/C19H19ClN4O2/c1-25-16-8-6-15(7-9-16)24-10-11-26-19(24)18-13-23(22-21-18)12-14-4-2-3-5-17(14)20/h2-9,13,19H,10-12H2,1H3/t19-/m0/s1. The molecule has 2 heterocycles. The van der Waals surface area contributed by atoms with Crippen LogP contribution in [0.4, 0.5) is 5.69 Å². The van der Waals surface area contributed by atoms with Crippen LogP contribution in [0.5, 0.6) is 5.75 Å². The van der Waals surface area contributed by atoms with Gasteiger partial charge in [-0.2, -0.15) is 0 Å². The molecule has 7 heteroatoms. The van der Waals surface area contributed by atoms with Crippen LogP contribution < -0.4 is 9.64 Å². The van der Waals surface area contributed by atoms with Gasteiger partial charge in [-0.25, -0.2) is 4.68 Å². The highest BCUT2D eigenvalue weighted by molar-refractivity contribution is 6.31. The summed E-state index contributed by atoms with van der Waals surface area (Å²) in [6.07, 6.45) is 1.67. The van der Waals surface area contributed by atoms with E-state index in [-0.39, 0.29) is 6.23 Å². The number of methoxy groups -OCH3 is 1. The first kappa shape index (κ1) is 16.9. The van der Waals surface area contributed by atoms with E-state index in [9.17, 15) is 0 Å². The molecule has 0 N–H and O–H groups in total. The van der Waals surface area contributed by atoms with E-state index in [2.05, 4.69) is 15.2 Å². The van der Waals surface area contributed by atoms with E-state index in [1.54, 1.807) is 11.8 Å². The summed E-state index contributed by atoms with van der Waals surface area (Å²) in [5.41, 5.74) is 2.85. The molecule has 3 aromatic rings. The molecule has 1 fully saturated rings. The van der Waals surface area contributed by atoms with Gasteiger partial charge in [-0.05, 0) is 35.9 Å². The highest BCUT2D eigenvalue weighted by Crippen LogP contribution is 2.32. The molecule has 1 aliphatic rings. The van der Waals surface area contributed by atoms with Crippen molar-refractivity contribution in [3.63, 3.8) is 0 Å². The summed E-state index contributed by atoms with van der Waals surface area (Å²) < 4.78 is 12.9. The molecule has 1 saturated heterocycles. The van der Waals surface area contributed by atoms with Gasteiger partial charge in [-0.3, -0.25) is 0 Å². The van der Waals surface area contributed by atoms with Gasteiger partial charge < -0.3 is 14.4 Å². The van der Waals surface area contributed by atoms with Crippen LogP contribution in [-0.2, 0) is 11.3 Å². The van der Waals surface area contributed by atoms with Crippen molar-refractivity contribution in [3.8, 4) is 5.75 Å². The average Bonchev–Trinajstić information content (AvgIpc) is 3.33. The van der Waals surface area contributed by atoms with E-state index in [0.717, 1.165) is 34.3 Å². The Bertz CT molecular complexity index is 881. The topological polar surface area (TPSA) is 52.4 Å². The Hall–Kier alpha value is -2.57. The van der Waals surface area contributed by atoms with Crippen LogP contribution >= 0.6 is 11.6 Å². The molecule has 0 aliphatic carbocycles. The summed E-state index contributed by atoms with van der Waals surface area (Å²) in [4.78, 5) is 2.17.